The second-order valence-corrected chi connectivity index (χ2v) is 6.04. The monoisotopic (exact) mass is 351 g/mol. The highest BCUT2D eigenvalue weighted by Gasteiger charge is 2.10. The van der Waals surface area contributed by atoms with Gasteiger partial charge in [-0.2, -0.15) is 4.98 Å². The molecule has 7 heteroatoms. The summed E-state index contributed by atoms with van der Waals surface area (Å²) in [4.78, 5) is 20.6. The van der Waals surface area contributed by atoms with Crippen molar-refractivity contribution < 1.29 is 4.79 Å². The van der Waals surface area contributed by atoms with Gasteiger partial charge in [0.1, 0.15) is 5.65 Å². The van der Waals surface area contributed by atoms with E-state index < -0.39 is 0 Å². The number of carbonyl (C=O) groups excluding carboxylic acids is 1. The summed E-state index contributed by atoms with van der Waals surface area (Å²) in [6.07, 6.45) is 7.15. The minimum absolute atomic E-state index is 0.140. The number of aryl methyl sites for hydroxylation is 1. The SMILES string of the molecule is O=C1CCCCNc2ncc3c(Br)cn(c3n2)CCCN1. The van der Waals surface area contributed by atoms with Crippen LogP contribution in [0.5, 0.6) is 0 Å². The topological polar surface area (TPSA) is 71.8 Å². The first kappa shape index (κ1) is 14.3. The molecule has 1 aliphatic heterocycles. The second kappa shape index (κ2) is 6.43. The fourth-order valence-corrected chi connectivity index (χ4v) is 2.99. The Bertz CT molecular complexity index is 654. The molecular formula is C14H18BrN5O. The van der Waals surface area contributed by atoms with E-state index in [0.29, 0.717) is 18.9 Å². The lowest BCUT2D eigenvalue weighted by atomic mass is 10.2. The lowest BCUT2D eigenvalue weighted by Crippen LogP contribution is -2.25. The number of hydrogen-bond donors (Lipinski definition) is 2. The molecule has 3 heterocycles. The fourth-order valence-electron chi connectivity index (χ4n) is 2.46. The molecule has 1 amide bonds. The zero-order valence-corrected chi connectivity index (χ0v) is 13.3. The molecule has 21 heavy (non-hydrogen) atoms. The van der Waals surface area contributed by atoms with Gasteiger partial charge >= 0.3 is 0 Å². The summed E-state index contributed by atoms with van der Waals surface area (Å²) >= 11 is 3.55. The molecule has 112 valence electrons. The van der Waals surface area contributed by atoms with Gasteiger partial charge in [-0.3, -0.25) is 4.79 Å². The van der Waals surface area contributed by atoms with Crippen LogP contribution < -0.4 is 10.6 Å². The molecule has 2 N–H and O–H groups in total. The summed E-state index contributed by atoms with van der Waals surface area (Å²) in [5.41, 5.74) is 0.919. The highest BCUT2D eigenvalue weighted by Crippen LogP contribution is 2.25. The first-order chi connectivity index (χ1) is 10.2. The Morgan fingerprint density at radius 1 is 1.19 bits per heavy atom. The summed E-state index contributed by atoms with van der Waals surface area (Å²) in [7, 11) is 0. The summed E-state index contributed by atoms with van der Waals surface area (Å²) < 4.78 is 3.10. The molecule has 0 aliphatic carbocycles. The van der Waals surface area contributed by atoms with Gasteiger partial charge in [0, 0.05) is 42.9 Å². The largest absolute Gasteiger partial charge is 0.356 e. The van der Waals surface area contributed by atoms with Gasteiger partial charge in [0.15, 0.2) is 0 Å². The fraction of sp³-hybridized carbons (Fsp3) is 0.500. The molecule has 3 rings (SSSR count). The van der Waals surface area contributed by atoms with Crippen molar-refractivity contribution in [2.24, 2.45) is 0 Å². The average Bonchev–Trinajstić information content (AvgIpc) is 2.79. The van der Waals surface area contributed by atoms with Gasteiger partial charge in [-0.15, -0.1) is 0 Å². The minimum Gasteiger partial charge on any atom is -0.356 e. The molecule has 2 aromatic heterocycles. The first-order valence-corrected chi connectivity index (χ1v) is 8.05. The van der Waals surface area contributed by atoms with Gasteiger partial charge < -0.3 is 15.2 Å². The third kappa shape index (κ3) is 3.34. The number of aromatic nitrogens is 3. The number of anilines is 1. The van der Waals surface area contributed by atoms with E-state index in [1.807, 2.05) is 12.4 Å². The third-order valence-electron chi connectivity index (χ3n) is 3.58. The highest BCUT2D eigenvalue weighted by molar-refractivity contribution is 9.10. The first-order valence-electron chi connectivity index (χ1n) is 7.26. The Hall–Kier alpha value is -1.63. The van der Waals surface area contributed by atoms with E-state index in [2.05, 4.69) is 41.1 Å². The molecule has 1 aliphatic rings. The number of halogens is 1. The number of nitrogens with zero attached hydrogens (tertiary/aromatic N) is 3. The van der Waals surface area contributed by atoms with Crippen LogP contribution in [-0.2, 0) is 11.3 Å². The summed E-state index contributed by atoms with van der Waals surface area (Å²) in [5.74, 6) is 0.788. The molecule has 6 nitrogen and oxygen atoms in total. The molecule has 2 bridgehead atoms. The van der Waals surface area contributed by atoms with Crippen LogP contribution in [0.25, 0.3) is 11.0 Å². The van der Waals surface area contributed by atoms with Crippen molar-refractivity contribution in [2.75, 3.05) is 18.4 Å². The van der Waals surface area contributed by atoms with E-state index in [4.69, 9.17) is 0 Å². The summed E-state index contributed by atoms with van der Waals surface area (Å²) in [6.45, 7) is 2.30. The maximum absolute atomic E-state index is 11.6. The van der Waals surface area contributed by atoms with E-state index in [0.717, 1.165) is 47.9 Å². The highest BCUT2D eigenvalue weighted by atomic mass is 79.9. The normalized spacial score (nSPS) is 17.3. The standard InChI is InChI=1S/C14H18BrN5O/c15-11-9-20-7-3-6-16-12(21)4-1-2-5-17-14-18-8-10(11)13(20)19-14/h8-9H,1-7H2,(H,16,21)(H,17,18,19). The number of rotatable bonds is 0. The summed E-state index contributed by atoms with van der Waals surface area (Å²) in [6, 6.07) is 0. The molecule has 0 radical (unpaired) electrons. The lowest BCUT2D eigenvalue weighted by Gasteiger charge is -2.10. The van der Waals surface area contributed by atoms with E-state index >= 15 is 0 Å². The molecule has 0 unspecified atom stereocenters. The number of hydrogen-bond acceptors (Lipinski definition) is 4. The summed E-state index contributed by atoms with van der Waals surface area (Å²) in [5, 5.41) is 7.20. The predicted molar refractivity (Wildman–Crippen MR) is 85.2 cm³/mol. The molecule has 0 spiro atoms. The molecule has 0 saturated heterocycles. The third-order valence-corrected chi connectivity index (χ3v) is 4.21. The van der Waals surface area contributed by atoms with Crippen molar-refractivity contribution in [3.05, 3.63) is 16.9 Å². The van der Waals surface area contributed by atoms with Crippen molar-refractivity contribution in [2.45, 2.75) is 32.2 Å². The number of carbonyl (C=O) groups is 1. The smallest absolute Gasteiger partial charge is 0.224 e. The van der Waals surface area contributed by atoms with Crippen molar-refractivity contribution in [3.8, 4) is 0 Å². The second-order valence-electron chi connectivity index (χ2n) is 5.19. The minimum atomic E-state index is 0.140. The van der Waals surface area contributed by atoms with Crippen LogP contribution in [0.1, 0.15) is 25.7 Å². The molecule has 0 fully saturated rings. The van der Waals surface area contributed by atoms with Gasteiger partial charge in [-0.25, -0.2) is 4.98 Å². The van der Waals surface area contributed by atoms with Gasteiger partial charge in [0.25, 0.3) is 0 Å². The zero-order valence-electron chi connectivity index (χ0n) is 11.7. The van der Waals surface area contributed by atoms with Crippen molar-refractivity contribution >= 4 is 38.8 Å². The van der Waals surface area contributed by atoms with Crippen molar-refractivity contribution in [1.29, 1.82) is 0 Å². The van der Waals surface area contributed by atoms with Crippen LogP contribution in [0.2, 0.25) is 0 Å². The lowest BCUT2D eigenvalue weighted by molar-refractivity contribution is -0.121. The molecule has 0 aromatic carbocycles. The van der Waals surface area contributed by atoms with Gasteiger partial charge in [0.05, 0.1) is 5.39 Å². The number of amides is 1. The predicted octanol–water partition coefficient (Wildman–Crippen LogP) is 2.30. The molecule has 2 aromatic rings. The van der Waals surface area contributed by atoms with Crippen LogP contribution in [0.4, 0.5) is 5.95 Å². The Morgan fingerprint density at radius 3 is 2.95 bits per heavy atom. The van der Waals surface area contributed by atoms with Gasteiger partial charge in [-0.05, 0) is 35.2 Å². The Labute approximate surface area is 131 Å². The van der Waals surface area contributed by atoms with Crippen LogP contribution in [0.3, 0.4) is 0 Å². The van der Waals surface area contributed by atoms with Crippen molar-refractivity contribution in [1.82, 2.24) is 19.9 Å². The average molecular weight is 352 g/mol. The Morgan fingerprint density at radius 2 is 2.05 bits per heavy atom. The van der Waals surface area contributed by atoms with Crippen LogP contribution >= 0.6 is 15.9 Å². The van der Waals surface area contributed by atoms with Gasteiger partial charge in [-0.1, -0.05) is 0 Å². The Balaban J connectivity index is 1.87. The van der Waals surface area contributed by atoms with Crippen molar-refractivity contribution in [3.63, 3.8) is 0 Å². The van der Waals surface area contributed by atoms with E-state index in [9.17, 15) is 4.79 Å². The van der Waals surface area contributed by atoms with Crippen LogP contribution in [0, 0.1) is 0 Å². The molecule has 0 saturated carbocycles. The maximum atomic E-state index is 11.6. The van der Waals surface area contributed by atoms with Crippen LogP contribution in [-0.4, -0.2) is 33.5 Å². The maximum Gasteiger partial charge on any atom is 0.224 e. The zero-order chi connectivity index (χ0) is 14.7. The molecule has 0 atom stereocenters. The van der Waals surface area contributed by atoms with E-state index in [-0.39, 0.29) is 5.91 Å². The van der Waals surface area contributed by atoms with Gasteiger partial charge in [0.2, 0.25) is 11.9 Å². The number of nitrogens with one attached hydrogen (secondary N) is 2. The van der Waals surface area contributed by atoms with E-state index in [1.54, 1.807) is 0 Å². The quantitative estimate of drug-likeness (QED) is 0.763. The Kier molecular flexibility index (Phi) is 4.38. The molecular weight excluding hydrogens is 334 g/mol. The number of fused-ring (bicyclic) bond motifs is 1. The van der Waals surface area contributed by atoms with E-state index in [1.165, 1.54) is 0 Å². The van der Waals surface area contributed by atoms with Crippen LogP contribution in [0.15, 0.2) is 16.9 Å².